The van der Waals surface area contributed by atoms with Crippen LogP contribution >= 0.6 is 92.8 Å². The predicted octanol–water partition coefficient (Wildman–Crippen LogP) is 17.4. The van der Waals surface area contributed by atoms with E-state index in [9.17, 15) is 40.7 Å². The number of rotatable bonds is 27. The summed E-state index contributed by atoms with van der Waals surface area (Å²) < 4.78 is 6.91. The van der Waals surface area contributed by atoms with Crippen LogP contribution in [0.5, 0.6) is 0 Å². The maximum atomic E-state index is 12.3. The van der Waals surface area contributed by atoms with E-state index < -0.39 is 5.97 Å². The van der Waals surface area contributed by atoms with Gasteiger partial charge < -0.3 is 59.6 Å². The zero-order valence-corrected chi connectivity index (χ0v) is 87.4. The van der Waals surface area contributed by atoms with Gasteiger partial charge in [-0.3, -0.25) is 9.59 Å². The molecule has 4 N–H and O–H groups in total. The van der Waals surface area contributed by atoms with E-state index in [0.717, 1.165) is 183 Å². The number of carbonyl (C=O) groups is 2. The van der Waals surface area contributed by atoms with Gasteiger partial charge in [0, 0.05) is 152 Å². The fraction of sp³-hybridized carbons (Fsp3) is 0.520. The largest absolute Gasteiger partial charge is 0.481 e. The molecule has 0 aliphatic carbocycles. The fourth-order valence-electron chi connectivity index (χ4n) is 21.8. The summed E-state index contributed by atoms with van der Waals surface area (Å²) in [4.78, 5) is 79.7. The normalized spacial score (nSPS) is 20.6. The molecule has 12 aromatic rings. The smallest absolute Gasteiger partial charge is 0.303 e. The maximum Gasteiger partial charge on any atom is 0.303 e. The van der Waals surface area contributed by atoms with Gasteiger partial charge in [0.15, 0.2) is 51.1 Å². The number of aromatic nitrogens is 16. The predicted molar refractivity (Wildman–Crippen MR) is 558 cm³/mol. The molecule has 8 fully saturated rings. The number of β-amino-alcohol motifs (C(OH)–C–C–N with tert-alkyl or cyclic N) is 3. The minimum Gasteiger partial charge on any atom is -0.481 e. The molecule has 8 aliphatic rings. The lowest BCUT2D eigenvalue weighted by Gasteiger charge is -2.47. The number of carboxylic acid groups (broad SMARTS) is 1. The molecule has 11 atom stereocenters. The number of nitrogens with zero attached hydrogens (tertiary/aromatic N) is 27. The Balaban J connectivity index is 0.000000131. The van der Waals surface area contributed by atoms with Crippen molar-refractivity contribution in [2.45, 2.75) is 162 Å². The standard InChI is InChI=1S/C27H32Cl2N6O3.3C25H29Cl2N7O/c1-16(21-8-7-20(28)11-22(21)29)35-27-26(25(32-35)17(2)36)30-12-23(31-27)34-14-19(15-34)18-5-3-9-33(13-18)10-4-6-24(37)38;3*1-15(35)11-32-7-3-4-17(12-32)18-13-33(14-18)23-10-29-24-22(9-28)31-34(25(24)30-23)16(2)20-6-5-19(26)8-21(20)27/h7-8,11-12,16,18-19H,3-6,9-10,13-15H2,1-2H3,(H,37,38);3*5-6,8,10,15-18,35H,3-4,7,11-14H2,1-2H3/t16-,18+;15-,16+,17-;15-,16-,17+;15-,16-,17-/m1011/s1. The second-order valence-corrected chi connectivity index (χ2v) is 43.3. The highest BCUT2D eigenvalue weighted by atomic mass is 35.5. The first-order valence-electron chi connectivity index (χ1n) is 49.4. The molecule has 8 aliphatic heterocycles. The van der Waals surface area contributed by atoms with E-state index in [4.69, 9.17) is 118 Å². The number of benzene rings is 4. The molecule has 0 unspecified atom stereocenters. The van der Waals surface area contributed by atoms with E-state index in [1.165, 1.54) is 51.9 Å². The molecule has 0 spiro atoms. The Labute approximate surface area is 871 Å². The average molecular weight is 2100 g/mol. The summed E-state index contributed by atoms with van der Waals surface area (Å²) in [5, 5.41) is 89.5. The molecule has 33 nitrogen and oxygen atoms in total. The lowest BCUT2D eigenvalue weighted by atomic mass is 9.80. The van der Waals surface area contributed by atoms with Gasteiger partial charge in [0.05, 0.1) is 67.3 Å². The summed E-state index contributed by atoms with van der Waals surface area (Å²) >= 11 is 50.2. The zero-order chi connectivity index (χ0) is 101. The van der Waals surface area contributed by atoms with Crippen molar-refractivity contribution in [2.24, 2.45) is 47.3 Å². The minimum absolute atomic E-state index is 0.167. The second-order valence-electron chi connectivity index (χ2n) is 39.9. The molecule has 0 amide bonds. The van der Waals surface area contributed by atoms with Crippen molar-refractivity contribution >= 4 is 172 Å². The van der Waals surface area contributed by atoms with Crippen LogP contribution in [0.3, 0.4) is 0 Å². The van der Waals surface area contributed by atoms with Gasteiger partial charge in [-0.2, -0.15) is 36.2 Å². The summed E-state index contributed by atoms with van der Waals surface area (Å²) in [6.07, 6.45) is 16.6. The third-order valence-electron chi connectivity index (χ3n) is 29.5. The second kappa shape index (κ2) is 45.9. The highest BCUT2D eigenvalue weighted by molar-refractivity contribution is 6.37. The van der Waals surface area contributed by atoms with Gasteiger partial charge >= 0.3 is 5.97 Å². The van der Waals surface area contributed by atoms with Crippen molar-refractivity contribution in [3.63, 3.8) is 0 Å². The van der Waals surface area contributed by atoms with Crippen LogP contribution in [0, 0.1) is 81.3 Å². The summed E-state index contributed by atoms with van der Waals surface area (Å²) in [5.41, 5.74) is 8.64. The molecule has 754 valence electrons. The number of fused-ring (bicyclic) bond motifs is 4. The van der Waals surface area contributed by atoms with E-state index >= 15 is 0 Å². The van der Waals surface area contributed by atoms with Crippen molar-refractivity contribution in [2.75, 3.05) is 150 Å². The number of halogens is 8. The Morgan fingerprint density at radius 2 is 0.629 bits per heavy atom. The molecule has 143 heavy (non-hydrogen) atoms. The Kier molecular flexibility index (Phi) is 33.5. The van der Waals surface area contributed by atoms with Gasteiger partial charge in [-0.15, -0.1) is 0 Å². The maximum absolute atomic E-state index is 12.3. The summed E-state index contributed by atoms with van der Waals surface area (Å²) in [6.45, 7) is 33.9. The third-order valence-corrected chi connectivity index (χ3v) is 31.8. The van der Waals surface area contributed by atoms with Crippen molar-refractivity contribution in [1.82, 2.24) is 98.6 Å². The van der Waals surface area contributed by atoms with Gasteiger partial charge in [-0.25, -0.2) is 58.6 Å². The molecule has 0 radical (unpaired) electrons. The molecule has 8 aromatic heterocycles. The fourth-order valence-corrected chi connectivity index (χ4v) is 24.1. The first-order chi connectivity index (χ1) is 68.7. The number of nitriles is 3. The number of piperidine rings is 4. The van der Waals surface area contributed by atoms with Gasteiger partial charge in [0.2, 0.25) is 0 Å². The van der Waals surface area contributed by atoms with Crippen LogP contribution in [-0.4, -0.2) is 280 Å². The van der Waals surface area contributed by atoms with E-state index in [1.54, 1.807) is 92.0 Å². The first-order valence-corrected chi connectivity index (χ1v) is 52.4. The molecule has 0 saturated carbocycles. The van der Waals surface area contributed by atoms with Gasteiger partial charge in [0.25, 0.3) is 0 Å². The zero-order valence-electron chi connectivity index (χ0n) is 81.3. The van der Waals surface area contributed by atoms with Crippen LogP contribution < -0.4 is 19.6 Å². The average Bonchev–Trinajstić information content (AvgIpc) is 1.65. The molecule has 16 heterocycles. The Bertz CT molecular complexity index is 6270. The molecular weight excluding hydrogens is 1980 g/mol. The monoisotopic (exact) mass is 2100 g/mol. The number of hydrogen-bond acceptors (Lipinski definition) is 28. The number of carbonyl (C=O) groups excluding carboxylic acids is 1. The number of hydrogen-bond donors (Lipinski definition) is 4. The first kappa shape index (κ1) is 104. The van der Waals surface area contributed by atoms with E-state index in [-0.39, 0.29) is 71.8 Å². The lowest BCUT2D eigenvalue weighted by Crippen LogP contribution is -2.54. The third kappa shape index (κ3) is 23.8. The Morgan fingerprint density at radius 1 is 0.371 bits per heavy atom. The van der Waals surface area contributed by atoms with Crippen molar-refractivity contribution in [3.8, 4) is 18.2 Å². The van der Waals surface area contributed by atoms with E-state index in [0.29, 0.717) is 144 Å². The van der Waals surface area contributed by atoms with E-state index in [2.05, 4.69) is 97.7 Å². The minimum atomic E-state index is -0.728. The van der Waals surface area contributed by atoms with Crippen molar-refractivity contribution < 1.29 is 30.0 Å². The SMILES string of the molecule is CC(=O)c1nn([C@H](C)c2ccc(Cl)cc2Cl)c2nc(N3CC([C@H]4CCCN(CCCC(=O)O)C4)C3)cnc12.C[C@H](O)CN1CCC[C@H](C2CN(c3cnc4c(C#N)nn([C@H](C)c5ccc(Cl)cc5Cl)c4n3)C2)C1.C[C@H](c1ccc(Cl)cc1Cl)n1nc(C#N)c2ncc(N3CC([C@@H]4CCCN(C[C@@H](C)O)C4)C3)nc21.C[C@H](c1ccc(Cl)cc1Cl)n1nc(C#N)c2ncc(N3CC([C@H]4CCCN(C[C@@H](C)O)C4)C3)nc21. The number of aliphatic hydroxyl groups excluding tert-OH is 3. The summed E-state index contributed by atoms with van der Waals surface area (Å²) in [5.74, 6) is 7.17. The lowest BCUT2D eigenvalue weighted by molar-refractivity contribution is -0.137. The van der Waals surface area contributed by atoms with Crippen LogP contribution in [0.1, 0.15) is 194 Å². The van der Waals surface area contributed by atoms with Crippen molar-refractivity contribution in [1.29, 1.82) is 15.8 Å². The number of anilines is 4. The van der Waals surface area contributed by atoms with Crippen LogP contribution in [0.15, 0.2) is 97.6 Å². The highest BCUT2D eigenvalue weighted by Gasteiger charge is 2.43. The summed E-state index contributed by atoms with van der Waals surface area (Å²) in [7, 11) is 0. The van der Waals surface area contributed by atoms with Gasteiger partial charge in [-0.1, -0.05) is 117 Å². The highest BCUT2D eigenvalue weighted by Crippen LogP contribution is 2.43. The molecule has 4 aromatic carbocycles. The number of likely N-dealkylation sites (tertiary alicyclic amines) is 4. The number of Topliss-reactive ketones (excluding diaryl/α,β-unsaturated/α-hetero) is 1. The Morgan fingerprint density at radius 3 is 0.888 bits per heavy atom. The molecular formula is C102H119Cl8N27O6. The quantitative estimate of drug-likeness (QED) is 0.0347. The molecule has 20 rings (SSSR count). The number of aliphatic carboxylic acids is 1. The number of carboxylic acids is 1. The van der Waals surface area contributed by atoms with Crippen molar-refractivity contribution in [3.05, 3.63) is 183 Å². The summed E-state index contributed by atoms with van der Waals surface area (Å²) in [6, 6.07) is 26.8. The molecule has 8 saturated heterocycles. The van der Waals surface area contributed by atoms with Gasteiger partial charge in [-0.05, 0) is 257 Å². The number of aliphatic hydroxyl groups is 3. The topological polar surface area (TPSA) is 387 Å². The van der Waals surface area contributed by atoms with Crippen LogP contribution in [0.2, 0.25) is 40.2 Å². The van der Waals surface area contributed by atoms with Crippen LogP contribution in [-0.2, 0) is 4.79 Å². The molecule has 41 heteroatoms. The Hall–Kier alpha value is -10.1. The van der Waals surface area contributed by atoms with Gasteiger partial charge in [0.1, 0.15) is 63.5 Å². The molecule has 0 bridgehead atoms. The van der Waals surface area contributed by atoms with Crippen LogP contribution in [0.25, 0.3) is 44.7 Å². The van der Waals surface area contributed by atoms with E-state index in [1.807, 2.05) is 72.7 Å². The van der Waals surface area contributed by atoms with Crippen LogP contribution in [0.4, 0.5) is 23.3 Å². The number of ketones is 1.